The Balaban J connectivity index is 2.61. The maximum absolute atomic E-state index is 12.5. The first-order valence-corrected chi connectivity index (χ1v) is 6.61. The van der Waals surface area contributed by atoms with E-state index in [4.69, 9.17) is 4.74 Å². The zero-order chi connectivity index (χ0) is 14.7. The summed E-state index contributed by atoms with van der Waals surface area (Å²) in [6.07, 6.45) is 1.47. The molecule has 5 heteroatoms. The lowest BCUT2D eigenvalue weighted by Crippen LogP contribution is -2.34. The largest absolute Gasteiger partial charge is 0.495 e. The number of aromatic amines is 1. The van der Waals surface area contributed by atoms with Crippen LogP contribution in [0.4, 0.5) is 0 Å². The van der Waals surface area contributed by atoms with Gasteiger partial charge in [-0.15, -0.1) is 0 Å². The average molecular weight is 274 g/mol. The van der Waals surface area contributed by atoms with Gasteiger partial charge >= 0.3 is 0 Å². The van der Waals surface area contributed by atoms with Crippen molar-refractivity contribution in [1.82, 2.24) is 9.88 Å². The van der Waals surface area contributed by atoms with Crippen molar-refractivity contribution in [3.63, 3.8) is 0 Å². The molecule has 0 saturated heterocycles. The number of hydrogen-bond donors (Lipinski definition) is 1. The molecule has 1 N–H and O–H groups in total. The molecule has 2 aromatic rings. The number of methoxy groups -OCH3 is 1. The Kier molecular flexibility index (Phi) is 4.08. The van der Waals surface area contributed by atoms with Crippen molar-refractivity contribution in [2.75, 3.05) is 20.2 Å². The lowest BCUT2D eigenvalue weighted by atomic mass is 10.1. The van der Waals surface area contributed by atoms with E-state index in [0.717, 1.165) is 0 Å². The fourth-order valence-electron chi connectivity index (χ4n) is 2.23. The number of hydrogen-bond acceptors (Lipinski definition) is 3. The fourth-order valence-corrected chi connectivity index (χ4v) is 2.23. The van der Waals surface area contributed by atoms with Crippen molar-refractivity contribution in [3.8, 4) is 5.75 Å². The highest BCUT2D eigenvalue weighted by Gasteiger charge is 2.18. The van der Waals surface area contributed by atoms with Crippen LogP contribution in [0.5, 0.6) is 5.75 Å². The Labute approximate surface area is 117 Å². The molecule has 1 aromatic heterocycles. The van der Waals surface area contributed by atoms with E-state index in [1.165, 1.54) is 6.20 Å². The molecular formula is C15H18N2O3. The van der Waals surface area contributed by atoms with Gasteiger partial charge in [0.05, 0.1) is 18.0 Å². The van der Waals surface area contributed by atoms with Gasteiger partial charge in [-0.2, -0.15) is 0 Å². The summed E-state index contributed by atoms with van der Waals surface area (Å²) in [5, 5.41) is 0.461. The molecule has 0 spiro atoms. The zero-order valence-electron chi connectivity index (χ0n) is 11.9. The Morgan fingerprint density at radius 3 is 2.60 bits per heavy atom. The number of amides is 1. The van der Waals surface area contributed by atoms with Crippen molar-refractivity contribution >= 4 is 16.8 Å². The van der Waals surface area contributed by atoms with Gasteiger partial charge in [0.15, 0.2) is 0 Å². The van der Waals surface area contributed by atoms with Crippen LogP contribution in [0.3, 0.4) is 0 Å². The van der Waals surface area contributed by atoms with Crippen LogP contribution in [0.2, 0.25) is 0 Å². The van der Waals surface area contributed by atoms with E-state index in [2.05, 4.69) is 4.98 Å². The minimum absolute atomic E-state index is 0.162. The number of para-hydroxylation sites is 1. The van der Waals surface area contributed by atoms with Crippen molar-refractivity contribution in [3.05, 3.63) is 40.2 Å². The van der Waals surface area contributed by atoms with Crippen LogP contribution in [-0.4, -0.2) is 36.0 Å². The monoisotopic (exact) mass is 274 g/mol. The fraction of sp³-hybridized carbons (Fsp3) is 0.333. The number of aromatic nitrogens is 1. The van der Waals surface area contributed by atoms with Gasteiger partial charge in [0.2, 0.25) is 5.43 Å². The number of carbonyl (C=O) groups is 1. The maximum atomic E-state index is 12.5. The summed E-state index contributed by atoms with van der Waals surface area (Å²) in [5.41, 5.74) is 0.500. The molecule has 0 fully saturated rings. The summed E-state index contributed by atoms with van der Waals surface area (Å²) in [6, 6.07) is 5.20. The van der Waals surface area contributed by atoms with E-state index in [1.54, 1.807) is 30.2 Å². The molecule has 106 valence electrons. The van der Waals surface area contributed by atoms with Gasteiger partial charge in [0.25, 0.3) is 5.91 Å². The third-order valence-electron chi connectivity index (χ3n) is 3.38. The van der Waals surface area contributed by atoms with Gasteiger partial charge in [-0.05, 0) is 26.0 Å². The Morgan fingerprint density at radius 2 is 2.00 bits per heavy atom. The molecule has 0 unspecified atom stereocenters. The maximum Gasteiger partial charge on any atom is 0.259 e. The Morgan fingerprint density at radius 1 is 1.30 bits per heavy atom. The molecule has 2 rings (SSSR count). The molecule has 0 aliphatic heterocycles. The molecule has 0 aliphatic carbocycles. The van der Waals surface area contributed by atoms with Crippen LogP contribution in [0.1, 0.15) is 24.2 Å². The summed E-state index contributed by atoms with van der Waals surface area (Å²) in [6.45, 7) is 4.93. The van der Waals surface area contributed by atoms with Crippen molar-refractivity contribution in [1.29, 1.82) is 0 Å². The van der Waals surface area contributed by atoms with Crippen molar-refractivity contribution in [2.24, 2.45) is 0 Å². The zero-order valence-corrected chi connectivity index (χ0v) is 11.9. The smallest absolute Gasteiger partial charge is 0.259 e. The topological polar surface area (TPSA) is 62.4 Å². The molecule has 0 aliphatic rings. The third-order valence-corrected chi connectivity index (χ3v) is 3.38. The molecule has 0 saturated carbocycles. The second-order valence-electron chi connectivity index (χ2n) is 4.39. The number of carbonyl (C=O) groups excluding carboxylic acids is 1. The van der Waals surface area contributed by atoms with Gasteiger partial charge in [0, 0.05) is 19.3 Å². The summed E-state index contributed by atoms with van der Waals surface area (Å²) in [7, 11) is 1.54. The number of pyridine rings is 1. The second-order valence-corrected chi connectivity index (χ2v) is 4.39. The molecule has 20 heavy (non-hydrogen) atoms. The Hall–Kier alpha value is -2.30. The first kappa shape index (κ1) is 14.1. The van der Waals surface area contributed by atoms with E-state index in [0.29, 0.717) is 29.7 Å². The standard InChI is InChI=1S/C15H18N2O3/c1-4-17(5-2)15(19)11-9-16-13-10(14(11)18)7-6-8-12(13)20-3/h6-9H,4-5H2,1-3H3,(H,16,18). The number of nitrogens with one attached hydrogen (secondary N) is 1. The quantitative estimate of drug-likeness (QED) is 0.927. The minimum Gasteiger partial charge on any atom is -0.495 e. The van der Waals surface area contributed by atoms with Crippen molar-refractivity contribution in [2.45, 2.75) is 13.8 Å². The van der Waals surface area contributed by atoms with Gasteiger partial charge < -0.3 is 14.6 Å². The highest BCUT2D eigenvalue weighted by atomic mass is 16.5. The van der Waals surface area contributed by atoms with E-state index < -0.39 is 0 Å². The lowest BCUT2D eigenvalue weighted by molar-refractivity contribution is 0.0771. The molecular weight excluding hydrogens is 256 g/mol. The molecule has 5 nitrogen and oxygen atoms in total. The minimum atomic E-state index is -0.269. The first-order valence-electron chi connectivity index (χ1n) is 6.61. The number of H-pyrrole nitrogens is 1. The van der Waals surface area contributed by atoms with Crippen LogP contribution >= 0.6 is 0 Å². The van der Waals surface area contributed by atoms with Gasteiger partial charge in [-0.3, -0.25) is 9.59 Å². The van der Waals surface area contributed by atoms with Crippen LogP contribution in [0.15, 0.2) is 29.2 Å². The molecule has 1 aromatic carbocycles. The summed E-state index contributed by atoms with van der Waals surface area (Å²) in [5.74, 6) is 0.336. The third kappa shape index (κ3) is 2.27. The second kappa shape index (κ2) is 5.77. The average Bonchev–Trinajstić information content (AvgIpc) is 2.48. The number of benzene rings is 1. The number of ether oxygens (including phenoxy) is 1. The predicted octanol–water partition coefficient (Wildman–Crippen LogP) is 2.02. The molecule has 0 bridgehead atoms. The molecule has 1 heterocycles. The van der Waals surface area contributed by atoms with Crippen LogP contribution in [0, 0.1) is 0 Å². The molecule has 0 atom stereocenters. The van der Waals surface area contributed by atoms with E-state index in [1.807, 2.05) is 13.8 Å². The van der Waals surface area contributed by atoms with E-state index >= 15 is 0 Å². The van der Waals surface area contributed by atoms with E-state index in [9.17, 15) is 9.59 Å². The highest BCUT2D eigenvalue weighted by Crippen LogP contribution is 2.21. The number of fused-ring (bicyclic) bond motifs is 1. The van der Waals surface area contributed by atoms with Gasteiger partial charge in [-0.1, -0.05) is 6.07 Å². The number of nitrogens with zero attached hydrogens (tertiary/aromatic N) is 1. The van der Waals surface area contributed by atoms with Crippen LogP contribution < -0.4 is 10.2 Å². The van der Waals surface area contributed by atoms with Crippen molar-refractivity contribution < 1.29 is 9.53 Å². The predicted molar refractivity (Wildman–Crippen MR) is 78.4 cm³/mol. The summed E-state index contributed by atoms with van der Waals surface area (Å²) < 4.78 is 5.21. The molecule has 0 radical (unpaired) electrons. The van der Waals surface area contributed by atoms with E-state index in [-0.39, 0.29) is 16.9 Å². The molecule has 1 amide bonds. The normalized spacial score (nSPS) is 10.6. The summed E-state index contributed by atoms with van der Waals surface area (Å²) in [4.78, 5) is 29.4. The highest BCUT2D eigenvalue weighted by molar-refractivity contribution is 5.98. The number of rotatable bonds is 4. The Bertz CT molecular complexity index is 687. The first-order chi connectivity index (χ1) is 9.63. The van der Waals surface area contributed by atoms with Crippen LogP contribution in [0.25, 0.3) is 10.9 Å². The lowest BCUT2D eigenvalue weighted by Gasteiger charge is -2.18. The van der Waals surface area contributed by atoms with Crippen LogP contribution in [-0.2, 0) is 0 Å². The summed E-state index contributed by atoms with van der Waals surface area (Å²) >= 11 is 0. The van der Waals surface area contributed by atoms with Gasteiger partial charge in [-0.25, -0.2) is 0 Å². The SMILES string of the molecule is CCN(CC)C(=O)c1c[nH]c2c(OC)cccc2c1=O. The van der Waals surface area contributed by atoms with Gasteiger partial charge in [0.1, 0.15) is 11.3 Å².